The van der Waals surface area contributed by atoms with Crippen molar-refractivity contribution in [2.75, 3.05) is 38.8 Å². The lowest BCUT2D eigenvalue weighted by atomic mass is 10.0. The first kappa shape index (κ1) is 17.9. The summed E-state index contributed by atoms with van der Waals surface area (Å²) in [6.45, 7) is 5.72. The quantitative estimate of drug-likeness (QED) is 0.734. The summed E-state index contributed by atoms with van der Waals surface area (Å²) >= 11 is 0. The van der Waals surface area contributed by atoms with Crippen molar-refractivity contribution in [1.82, 2.24) is 5.32 Å². The SMILES string of the molecule is CCCNC(C)c1cc(F)ccc1N(C)CC(O)COC. The Bertz CT molecular complexity index is 429. The molecule has 0 aromatic heterocycles. The van der Waals surface area contributed by atoms with Gasteiger partial charge in [0.25, 0.3) is 0 Å². The second-order valence-electron chi connectivity index (χ2n) is 5.37. The van der Waals surface area contributed by atoms with Crippen molar-refractivity contribution in [1.29, 1.82) is 0 Å². The summed E-state index contributed by atoms with van der Waals surface area (Å²) in [6, 6.07) is 4.82. The van der Waals surface area contributed by atoms with Gasteiger partial charge in [0.05, 0.1) is 12.7 Å². The lowest BCUT2D eigenvalue weighted by Gasteiger charge is -2.27. The number of hydrogen-bond acceptors (Lipinski definition) is 4. The first-order chi connectivity index (χ1) is 9.99. The van der Waals surface area contributed by atoms with Crippen LogP contribution in [0.15, 0.2) is 18.2 Å². The van der Waals surface area contributed by atoms with E-state index in [9.17, 15) is 9.50 Å². The molecule has 5 heteroatoms. The molecule has 4 nitrogen and oxygen atoms in total. The summed E-state index contributed by atoms with van der Waals surface area (Å²) in [5.41, 5.74) is 1.82. The van der Waals surface area contributed by atoms with Gasteiger partial charge in [0.15, 0.2) is 0 Å². The Morgan fingerprint density at radius 2 is 2.14 bits per heavy atom. The maximum Gasteiger partial charge on any atom is 0.123 e. The third-order valence-corrected chi connectivity index (χ3v) is 3.41. The monoisotopic (exact) mass is 298 g/mol. The molecular weight excluding hydrogens is 271 g/mol. The highest BCUT2D eigenvalue weighted by molar-refractivity contribution is 5.54. The average molecular weight is 298 g/mol. The van der Waals surface area contributed by atoms with Crippen molar-refractivity contribution in [3.05, 3.63) is 29.6 Å². The Morgan fingerprint density at radius 3 is 2.76 bits per heavy atom. The molecule has 0 saturated carbocycles. The molecule has 0 fully saturated rings. The van der Waals surface area contributed by atoms with Crippen LogP contribution in [0, 0.1) is 5.82 Å². The topological polar surface area (TPSA) is 44.7 Å². The molecule has 2 unspecified atom stereocenters. The second-order valence-corrected chi connectivity index (χ2v) is 5.37. The molecule has 0 radical (unpaired) electrons. The summed E-state index contributed by atoms with van der Waals surface area (Å²) < 4.78 is 18.5. The van der Waals surface area contributed by atoms with Crippen LogP contribution in [0.4, 0.5) is 10.1 Å². The predicted molar refractivity (Wildman–Crippen MR) is 84.3 cm³/mol. The number of nitrogens with zero attached hydrogens (tertiary/aromatic N) is 1. The Morgan fingerprint density at radius 1 is 1.43 bits per heavy atom. The number of nitrogens with one attached hydrogen (secondary N) is 1. The standard InChI is InChI=1S/C16H27FN2O2/c1-5-8-18-12(2)15-9-13(17)6-7-16(15)19(3)10-14(20)11-21-4/h6-7,9,12,14,18,20H,5,8,10-11H2,1-4H3. The van der Waals surface area contributed by atoms with Crippen LogP contribution in [0.2, 0.25) is 0 Å². The van der Waals surface area contributed by atoms with Crippen LogP contribution in [0.3, 0.4) is 0 Å². The fraction of sp³-hybridized carbons (Fsp3) is 0.625. The minimum Gasteiger partial charge on any atom is -0.389 e. The summed E-state index contributed by atoms with van der Waals surface area (Å²) in [5, 5.41) is 13.2. The number of aliphatic hydroxyl groups is 1. The zero-order chi connectivity index (χ0) is 15.8. The van der Waals surface area contributed by atoms with Crippen LogP contribution in [0.1, 0.15) is 31.9 Å². The Kier molecular flexibility index (Phi) is 7.64. The van der Waals surface area contributed by atoms with E-state index in [4.69, 9.17) is 4.74 Å². The molecule has 21 heavy (non-hydrogen) atoms. The molecule has 2 atom stereocenters. The Labute approximate surface area is 126 Å². The molecule has 0 saturated heterocycles. The zero-order valence-corrected chi connectivity index (χ0v) is 13.4. The van der Waals surface area contributed by atoms with Gasteiger partial charge in [0, 0.05) is 32.4 Å². The lowest BCUT2D eigenvalue weighted by molar-refractivity contribution is 0.0695. The Hall–Kier alpha value is -1.17. The lowest BCUT2D eigenvalue weighted by Crippen LogP contribution is -2.33. The molecule has 1 aromatic rings. The van der Waals surface area contributed by atoms with E-state index >= 15 is 0 Å². The average Bonchev–Trinajstić information content (AvgIpc) is 2.44. The smallest absolute Gasteiger partial charge is 0.123 e. The van der Waals surface area contributed by atoms with Crippen molar-refractivity contribution in [2.24, 2.45) is 0 Å². The first-order valence-corrected chi connectivity index (χ1v) is 7.40. The van der Waals surface area contributed by atoms with Crippen LogP contribution in [0.5, 0.6) is 0 Å². The van der Waals surface area contributed by atoms with Gasteiger partial charge in [-0.2, -0.15) is 0 Å². The normalized spacial score (nSPS) is 14.0. The van der Waals surface area contributed by atoms with E-state index in [1.165, 1.54) is 6.07 Å². The molecule has 0 spiro atoms. The maximum atomic E-state index is 13.6. The highest BCUT2D eigenvalue weighted by Gasteiger charge is 2.16. The van der Waals surface area contributed by atoms with Crippen LogP contribution in [-0.4, -0.2) is 45.1 Å². The number of methoxy groups -OCH3 is 1. The van der Waals surface area contributed by atoms with Gasteiger partial charge in [-0.15, -0.1) is 0 Å². The molecule has 0 bridgehead atoms. The highest BCUT2D eigenvalue weighted by Crippen LogP contribution is 2.26. The van der Waals surface area contributed by atoms with Gasteiger partial charge in [-0.3, -0.25) is 0 Å². The molecule has 0 aliphatic carbocycles. The number of ether oxygens (including phenoxy) is 1. The van der Waals surface area contributed by atoms with Crippen LogP contribution >= 0.6 is 0 Å². The number of hydrogen-bond donors (Lipinski definition) is 2. The summed E-state index contributed by atoms with van der Waals surface area (Å²) in [7, 11) is 3.45. The van der Waals surface area contributed by atoms with Gasteiger partial charge in [-0.05, 0) is 43.7 Å². The minimum atomic E-state index is -0.572. The third kappa shape index (κ3) is 5.61. The fourth-order valence-corrected chi connectivity index (χ4v) is 2.35. The van der Waals surface area contributed by atoms with Gasteiger partial charge in [0.1, 0.15) is 5.82 Å². The molecular formula is C16H27FN2O2. The molecule has 0 aliphatic rings. The number of rotatable bonds is 9. The summed E-state index contributed by atoms with van der Waals surface area (Å²) in [5.74, 6) is -0.246. The molecule has 1 aromatic carbocycles. The molecule has 0 aliphatic heterocycles. The van der Waals surface area contributed by atoms with E-state index < -0.39 is 6.10 Å². The molecule has 0 heterocycles. The van der Waals surface area contributed by atoms with Gasteiger partial charge in [-0.25, -0.2) is 4.39 Å². The van der Waals surface area contributed by atoms with E-state index in [2.05, 4.69) is 12.2 Å². The van der Waals surface area contributed by atoms with Crippen LogP contribution in [0.25, 0.3) is 0 Å². The van der Waals surface area contributed by atoms with Gasteiger partial charge in [-0.1, -0.05) is 6.92 Å². The highest BCUT2D eigenvalue weighted by atomic mass is 19.1. The number of anilines is 1. The van der Waals surface area contributed by atoms with E-state index in [0.717, 1.165) is 24.2 Å². The van der Waals surface area contributed by atoms with Crippen molar-refractivity contribution in [2.45, 2.75) is 32.4 Å². The van der Waals surface area contributed by atoms with E-state index in [1.807, 2.05) is 18.9 Å². The summed E-state index contributed by atoms with van der Waals surface area (Å²) in [6.07, 6.45) is 0.453. The largest absolute Gasteiger partial charge is 0.389 e. The number of aliphatic hydroxyl groups excluding tert-OH is 1. The van der Waals surface area contributed by atoms with Crippen molar-refractivity contribution < 1.29 is 14.2 Å². The number of likely N-dealkylation sites (N-methyl/N-ethyl adjacent to an activating group) is 1. The third-order valence-electron chi connectivity index (χ3n) is 3.41. The molecule has 2 N–H and O–H groups in total. The molecule has 0 amide bonds. The predicted octanol–water partition coefficient (Wildman–Crippen LogP) is 2.33. The van der Waals surface area contributed by atoms with Gasteiger partial charge in [0.2, 0.25) is 0 Å². The first-order valence-electron chi connectivity index (χ1n) is 7.40. The van der Waals surface area contributed by atoms with E-state index in [-0.39, 0.29) is 18.5 Å². The van der Waals surface area contributed by atoms with Crippen molar-refractivity contribution >= 4 is 5.69 Å². The zero-order valence-electron chi connectivity index (χ0n) is 13.4. The summed E-state index contributed by atoms with van der Waals surface area (Å²) in [4.78, 5) is 1.93. The second kappa shape index (κ2) is 8.97. The molecule has 1 rings (SSSR count). The van der Waals surface area contributed by atoms with Crippen molar-refractivity contribution in [3.63, 3.8) is 0 Å². The van der Waals surface area contributed by atoms with Gasteiger partial charge >= 0.3 is 0 Å². The number of benzene rings is 1. The van der Waals surface area contributed by atoms with Crippen LogP contribution in [-0.2, 0) is 4.74 Å². The Balaban J connectivity index is 2.89. The number of halogens is 1. The van der Waals surface area contributed by atoms with E-state index in [1.54, 1.807) is 19.2 Å². The fourth-order valence-electron chi connectivity index (χ4n) is 2.35. The van der Waals surface area contributed by atoms with Gasteiger partial charge < -0.3 is 20.1 Å². The molecule has 120 valence electrons. The van der Waals surface area contributed by atoms with Crippen molar-refractivity contribution in [3.8, 4) is 0 Å². The minimum absolute atomic E-state index is 0.0534. The maximum absolute atomic E-state index is 13.6. The van der Waals surface area contributed by atoms with Crippen LogP contribution < -0.4 is 10.2 Å². The van der Waals surface area contributed by atoms with E-state index in [0.29, 0.717) is 6.54 Å².